The molecule has 3 fully saturated rings. The fourth-order valence-corrected chi connectivity index (χ4v) is 4.39. The molecular weight excluding hydrogens is 432 g/mol. The molecule has 0 bridgehead atoms. The number of carbonyl (C=O) groups is 1. The van der Waals surface area contributed by atoms with Crippen LogP contribution in [0.1, 0.15) is 32.4 Å². The van der Waals surface area contributed by atoms with Gasteiger partial charge in [0.2, 0.25) is 0 Å². The largest absolute Gasteiger partial charge is 0.379 e. The minimum Gasteiger partial charge on any atom is -0.379 e. The smallest absolute Gasteiger partial charge is 0.319 e. The zero-order valence-electron chi connectivity index (χ0n) is 20.0. The Morgan fingerprint density at radius 2 is 1.79 bits per heavy atom. The van der Waals surface area contributed by atoms with Crippen LogP contribution in [-0.4, -0.2) is 78.5 Å². The highest BCUT2D eigenvalue weighted by molar-refractivity contribution is 5.89. The summed E-state index contributed by atoms with van der Waals surface area (Å²) in [7, 11) is 0. The molecule has 0 unspecified atom stereocenters. The molecule has 182 valence electrons. The number of morpholine rings is 2. The number of aromatic nitrogens is 2. The number of hydrogen-bond acceptors (Lipinski definition) is 7. The highest BCUT2D eigenvalue weighted by Crippen LogP contribution is 2.29. The van der Waals surface area contributed by atoms with Crippen molar-refractivity contribution < 1.29 is 14.3 Å². The quantitative estimate of drug-likeness (QED) is 0.676. The molecule has 0 spiro atoms. The van der Waals surface area contributed by atoms with Crippen LogP contribution < -0.4 is 15.5 Å². The number of carbonyl (C=O) groups excluding carboxylic acids is 1. The van der Waals surface area contributed by atoms with Crippen LogP contribution in [0.25, 0.3) is 11.4 Å². The van der Waals surface area contributed by atoms with Gasteiger partial charge in [-0.25, -0.2) is 14.8 Å². The summed E-state index contributed by atoms with van der Waals surface area (Å²) < 4.78 is 11.2. The summed E-state index contributed by atoms with van der Waals surface area (Å²) in [5.41, 5.74) is 2.52. The molecule has 2 aromatic rings. The van der Waals surface area contributed by atoms with Crippen LogP contribution in [0.4, 0.5) is 16.3 Å². The first-order valence-corrected chi connectivity index (χ1v) is 12.2. The Kier molecular flexibility index (Phi) is 6.67. The van der Waals surface area contributed by atoms with E-state index in [4.69, 9.17) is 19.4 Å². The lowest BCUT2D eigenvalue weighted by Gasteiger charge is -2.43. The third kappa shape index (κ3) is 5.65. The predicted molar refractivity (Wildman–Crippen MR) is 131 cm³/mol. The number of benzene rings is 1. The van der Waals surface area contributed by atoms with Gasteiger partial charge in [0.1, 0.15) is 5.82 Å². The second kappa shape index (κ2) is 9.85. The highest BCUT2D eigenvalue weighted by Gasteiger charge is 2.32. The second-order valence-corrected chi connectivity index (χ2v) is 9.90. The van der Waals surface area contributed by atoms with Crippen molar-refractivity contribution in [2.24, 2.45) is 0 Å². The molecule has 9 nitrogen and oxygen atoms in total. The fourth-order valence-electron chi connectivity index (χ4n) is 4.39. The molecule has 1 aromatic heterocycles. The zero-order chi connectivity index (χ0) is 23.5. The summed E-state index contributed by atoms with van der Waals surface area (Å²) in [6, 6.07) is 10.0. The second-order valence-electron chi connectivity index (χ2n) is 9.90. The van der Waals surface area contributed by atoms with Gasteiger partial charge in [0, 0.05) is 49.5 Å². The van der Waals surface area contributed by atoms with Crippen molar-refractivity contribution in [3.8, 4) is 11.4 Å². The standard InChI is InChI=1S/C25H34N6O3/c1-25(2)17-34-14-11-31(25)22-15-21(16-30-9-12-33-13-10-30)26-23(29-22)18-3-5-19(6-4-18)27-24(32)28-20-7-8-20/h3-6,15,20H,7-14,16-17H2,1-2H3,(H2,27,28,32). The maximum absolute atomic E-state index is 12.1. The number of amides is 2. The van der Waals surface area contributed by atoms with Gasteiger partial charge in [-0.15, -0.1) is 0 Å². The first-order chi connectivity index (χ1) is 16.5. The normalized spacial score (nSPS) is 20.7. The predicted octanol–water partition coefficient (Wildman–Crippen LogP) is 2.87. The van der Waals surface area contributed by atoms with Crippen molar-refractivity contribution in [3.63, 3.8) is 0 Å². The van der Waals surface area contributed by atoms with Crippen LogP contribution in [0.2, 0.25) is 0 Å². The number of urea groups is 1. The molecule has 2 N–H and O–H groups in total. The van der Waals surface area contributed by atoms with Gasteiger partial charge in [-0.3, -0.25) is 4.90 Å². The highest BCUT2D eigenvalue weighted by atomic mass is 16.5. The number of nitrogens with zero attached hydrogens (tertiary/aromatic N) is 4. The summed E-state index contributed by atoms with van der Waals surface area (Å²) in [4.78, 5) is 26.6. The Morgan fingerprint density at radius 3 is 2.50 bits per heavy atom. The van der Waals surface area contributed by atoms with Crippen molar-refractivity contribution >= 4 is 17.5 Å². The van der Waals surface area contributed by atoms with Crippen LogP contribution in [0.15, 0.2) is 30.3 Å². The Hall–Kier alpha value is -2.75. The lowest BCUT2D eigenvalue weighted by Crippen LogP contribution is -2.53. The Bertz CT molecular complexity index is 1000. The van der Waals surface area contributed by atoms with Crippen molar-refractivity contribution in [1.29, 1.82) is 0 Å². The van der Waals surface area contributed by atoms with E-state index in [-0.39, 0.29) is 11.6 Å². The van der Waals surface area contributed by atoms with E-state index in [1.54, 1.807) is 0 Å². The molecule has 1 saturated carbocycles. The van der Waals surface area contributed by atoms with Gasteiger partial charge < -0.3 is 25.0 Å². The molecule has 0 radical (unpaired) electrons. The van der Waals surface area contributed by atoms with E-state index < -0.39 is 0 Å². The SMILES string of the molecule is CC1(C)COCCN1c1cc(CN2CCOCC2)nc(-c2ccc(NC(=O)NC3CC3)cc2)n1. The number of hydrogen-bond donors (Lipinski definition) is 2. The summed E-state index contributed by atoms with van der Waals surface area (Å²) in [5.74, 6) is 1.62. The molecule has 2 aliphatic heterocycles. The molecule has 1 aromatic carbocycles. The molecule has 3 heterocycles. The van der Waals surface area contributed by atoms with Gasteiger partial charge in [-0.1, -0.05) is 0 Å². The molecule has 1 aliphatic carbocycles. The lowest BCUT2D eigenvalue weighted by atomic mass is 10.0. The lowest BCUT2D eigenvalue weighted by molar-refractivity contribution is 0.0336. The Morgan fingerprint density at radius 1 is 1.06 bits per heavy atom. The minimum absolute atomic E-state index is 0.150. The van der Waals surface area contributed by atoms with Crippen molar-refractivity contribution in [2.75, 3.05) is 56.3 Å². The third-order valence-corrected chi connectivity index (χ3v) is 6.49. The topological polar surface area (TPSA) is 91.9 Å². The first kappa shape index (κ1) is 23.0. The average Bonchev–Trinajstić information content (AvgIpc) is 3.63. The number of ether oxygens (including phenoxy) is 2. The maximum atomic E-state index is 12.1. The van der Waals surface area contributed by atoms with E-state index in [9.17, 15) is 4.79 Å². The summed E-state index contributed by atoms with van der Waals surface area (Å²) in [6.07, 6.45) is 2.12. The summed E-state index contributed by atoms with van der Waals surface area (Å²) >= 11 is 0. The summed E-state index contributed by atoms with van der Waals surface area (Å²) in [5, 5.41) is 5.84. The van der Waals surface area contributed by atoms with Crippen LogP contribution in [-0.2, 0) is 16.0 Å². The molecule has 5 rings (SSSR count). The van der Waals surface area contributed by atoms with E-state index in [1.807, 2.05) is 24.3 Å². The minimum atomic E-state index is -0.157. The van der Waals surface area contributed by atoms with Crippen LogP contribution in [0, 0.1) is 0 Å². The van der Waals surface area contributed by atoms with Crippen LogP contribution >= 0.6 is 0 Å². The zero-order valence-corrected chi connectivity index (χ0v) is 20.0. The van der Waals surface area contributed by atoms with Gasteiger partial charge >= 0.3 is 6.03 Å². The van der Waals surface area contributed by atoms with E-state index in [0.29, 0.717) is 25.1 Å². The summed E-state index contributed by atoms with van der Waals surface area (Å²) in [6.45, 7) is 10.6. The Labute approximate surface area is 200 Å². The van der Waals surface area contributed by atoms with E-state index in [2.05, 4.69) is 40.3 Å². The van der Waals surface area contributed by atoms with Crippen LogP contribution in [0.5, 0.6) is 0 Å². The molecule has 9 heteroatoms. The first-order valence-electron chi connectivity index (χ1n) is 12.2. The average molecular weight is 467 g/mol. The Balaban J connectivity index is 1.40. The van der Waals surface area contributed by atoms with Gasteiger partial charge in [0.15, 0.2) is 5.82 Å². The van der Waals surface area contributed by atoms with Gasteiger partial charge in [0.25, 0.3) is 0 Å². The number of anilines is 2. The monoisotopic (exact) mass is 466 g/mol. The van der Waals surface area contributed by atoms with E-state index in [0.717, 1.165) is 75.0 Å². The molecule has 34 heavy (non-hydrogen) atoms. The molecule has 2 saturated heterocycles. The van der Waals surface area contributed by atoms with Gasteiger partial charge in [0.05, 0.1) is 37.7 Å². The molecular formula is C25H34N6O3. The van der Waals surface area contributed by atoms with Gasteiger partial charge in [-0.2, -0.15) is 0 Å². The number of nitrogens with one attached hydrogen (secondary N) is 2. The van der Waals surface area contributed by atoms with Crippen molar-refractivity contribution in [3.05, 3.63) is 36.0 Å². The third-order valence-electron chi connectivity index (χ3n) is 6.49. The number of rotatable bonds is 6. The molecule has 2 amide bonds. The molecule has 3 aliphatic rings. The van der Waals surface area contributed by atoms with Crippen molar-refractivity contribution in [1.82, 2.24) is 20.2 Å². The van der Waals surface area contributed by atoms with Crippen LogP contribution in [0.3, 0.4) is 0 Å². The fraction of sp³-hybridized carbons (Fsp3) is 0.560. The van der Waals surface area contributed by atoms with E-state index in [1.165, 1.54) is 0 Å². The van der Waals surface area contributed by atoms with E-state index >= 15 is 0 Å². The van der Waals surface area contributed by atoms with Gasteiger partial charge in [-0.05, 0) is 51.0 Å². The van der Waals surface area contributed by atoms with Crippen molar-refractivity contribution in [2.45, 2.75) is 44.8 Å². The maximum Gasteiger partial charge on any atom is 0.319 e. The molecule has 0 atom stereocenters.